The fourth-order valence-corrected chi connectivity index (χ4v) is 1.32. The lowest BCUT2D eigenvalue weighted by Crippen LogP contribution is -2.14. The number of ether oxygens (including phenoxy) is 1. The molecule has 1 aromatic heterocycles. The maximum absolute atomic E-state index is 11.2. The van der Waals surface area contributed by atoms with Crippen LogP contribution in [0.3, 0.4) is 0 Å². The molecule has 0 bridgehead atoms. The van der Waals surface area contributed by atoms with Gasteiger partial charge in [-0.05, 0) is 6.92 Å². The standard InChI is InChI=1S/C8H11N3O3S/c1-2-14-7(13)4-3-6(12)10-8-11-9-5-15-8/h5H,2-4H2,1H3,(H,10,11,12). The third kappa shape index (κ3) is 4.50. The van der Waals surface area contributed by atoms with E-state index in [1.165, 1.54) is 16.8 Å². The first-order valence-corrected chi connectivity index (χ1v) is 5.32. The Kier molecular flexibility index (Phi) is 4.69. The van der Waals surface area contributed by atoms with Gasteiger partial charge in [-0.1, -0.05) is 11.3 Å². The second kappa shape index (κ2) is 6.07. The third-order valence-electron chi connectivity index (χ3n) is 1.47. The van der Waals surface area contributed by atoms with E-state index in [0.29, 0.717) is 11.7 Å². The number of nitrogens with zero attached hydrogens (tertiary/aromatic N) is 2. The number of anilines is 1. The van der Waals surface area contributed by atoms with Gasteiger partial charge in [-0.3, -0.25) is 9.59 Å². The Morgan fingerprint density at radius 3 is 2.93 bits per heavy atom. The Balaban J connectivity index is 2.22. The fourth-order valence-electron chi connectivity index (χ4n) is 0.858. The van der Waals surface area contributed by atoms with E-state index in [1.807, 2.05) is 0 Å². The van der Waals surface area contributed by atoms with Crippen LogP contribution in [0.25, 0.3) is 0 Å². The van der Waals surface area contributed by atoms with Crippen molar-refractivity contribution in [3.8, 4) is 0 Å². The maximum atomic E-state index is 11.2. The van der Waals surface area contributed by atoms with Gasteiger partial charge < -0.3 is 10.1 Å². The zero-order valence-corrected chi connectivity index (χ0v) is 9.04. The summed E-state index contributed by atoms with van der Waals surface area (Å²) >= 11 is 1.23. The smallest absolute Gasteiger partial charge is 0.306 e. The normalized spacial score (nSPS) is 9.67. The quantitative estimate of drug-likeness (QED) is 0.756. The SMILES string of the molecule is CCOC(=O)CCC(=O)Nc1nncs1. The number of nitrogens with one attached hydrogen (secondary N) is 1. The van der Waals surface area contributed by atoms with E-state index < -0.39 is 0 Å². The fraction of sp³-hybridized carbons (Fsp3) is 0.500. The maximum Gasteiger partial charge on any atom is 0.306 e. The van der Waals surface area contributed by atoms with Crippen molar-refractivity contribution in [2.45, 2.75) is 19.8 Å². The van der Waals surface area contributed by atoms with E-state index in [4.69, 9.17) is 0 Å². The molecule has 15 heavy (non-hydrogen) atoms. The van der Waals surface area contributed by atoms with Crippen LogP contribution in [0.2, 0.25) is 0 Å². The highest BCUT2D eigenvalue weighted by molar-refractivity contribution is 7.13. The van der Waals surface area contributed by atoms with Crippen LogP contribution in [0.5, 0.6) is 0 Å². The van der Waals surface area contributed by atoms with Crippen LogP contribution >= 0.6 is 11.3 Å². The van der Waals surface area contributed by atoms with Crippen molar-refractivity contribution >= 4 is 28.3 Å². The summed E-state index contributed by atoms with van der Waals surface area (Å²) in [7, 11) is 0. The summed E-state index contributed by atoms with van der Waals surface area (Å²) in [6.45, 7) is 2.05. The summed E-state index contributed by atoms with van der Waals surface area (Å²) in [5.74, 6) is -0.635. The van der Waals surface area contributed by atoms with Crippen LogP contribution in [-0.4, -0.2) is 28.7 Å². The second-order valence-corrected chi connectivity index (χ2v) is 3.43. The molecule has 82 valence electrons. The summed E-state index contributed by atoms with van der Waals surface area (Å²) in [5, 5.41) is 10.2. The van der Waals surface area contributed by atoms with E-state index in [2.05, 4.69) is 20.3 Å². The largest absolute Gasteiger partial charge is 0.466 e. The molecule has 1 N–H and O–H groups in total. The van der Waals surface area contributed by atoms with Gasteiger partial charge in [0.2, 0.25) is 11.0 Å². The lowest BCUT2D eigenvalue weighted by atomic mass is 10.3. The molecule has 0 fully saturated rings. The third-order valence-corrected chi connectivity index (χ3v) is 2.07. The Bertz CT molecular complexity index is 326. The molecule has 0 saturated carbocycles. The van der Waals surface area contributed by atoms with Crippen molar-refractivity contribution in [1.29, 1.82) is 0 Å². The van der Waals surface area contributed by atoms with E-state index in [9.17, 15) is 9.59 Å². The van der Waals surface area contributed by atoms with Gasteiger partial charge in [0.05, 0.1) is 13.0 Å². The van der Waals surface area contributed by atoms with Crippen LogP contribution in [0.4, 0.5) is 5.13 Å². The van der Waals surface area contributed by atoms with Crippen LogP contribution in [-0.2, 0) is 14.3 Å². The van der Waals surface area contributed by atoms with Crippen molar-refractivity contribution in [3.05, 3.63) is 5.51 Å². The number of carbonyl (C=O) groups is 2. The molecule has 1 amide bonds. The molecule has 1 aromatic rings. The van der Waals surface area contributed by atoms with Crippen LogP contribution in [0.15, 0.2) is 5.51 Å². The van der Waals surface area contributed by atoms with Gasteiger partial charge in [0.15, 0.2) is 0 Å². The Morgan fingerprint density at radius 2 is 2.33 bits per heavy atom. The number of aromatic nitrogens is 2. The van der Waals surface area contributed by atoms with Crippen LogP contribution < -0.4 is 5.32 Å². The van der Waals surface area contributed by atoms with Crippen molar-refractivity contribution in [3.63, 3.8) is 0 Å². The summed E-state index contributed by atoms with van der Waals surface area (Å²) in [5.41, 5.74) is 1.51. The van der Waals surface area contributed by atoms with Crippen molar-refractivity contribution in [1.82, 2.24) is 10.2 Å². The average molecular weight is 229 g/mol. The zero-order chi connectivity index (χ0) is 11.1. The van der Waals surface area contributed by atoms with Gasteiger partial charge in [-0.2, -0.15) is 0 Å². The lowest BCUT2D eigenvalue weighted by molar-refractivity contribution is -0.144. The molecular weight excluding hydrogens is 218 g/mol. The first-order chi connectivity index (χ1) is 7.22. The summed E-state index contributed by atoms with van der Waals surface area (Å²) in [6, 6.07) is 0. The molecule has 1 rings (SSSR count). The lowest BCUT2D eigenvalue weighted by Gasteiger charge is -2.01. The topological polar surface area (TPSA) is 81.2 Å². The number of amides is 1. The Labute approximate surface area is 90.7 Å². The Morgan fingerprint density at radius 1 is 1.53 bits per heavy atom. The predicted molar refractivity (Wildman–Crippen MR) is 54.4 cm³/mol. The second-order valence-electron chi connectivity index (χ2n) is 2.60. The minimum Gasteiger partial charge on any atom is -0.466 e. The summed E-state index contributed by atoms with van der Waals surface area (Å²) < 4.78 is 4.68. The average Bonchev–Trinajstić information content (AvgIpc) is 2.68. The number of rotatable bonds is 5. The molecule has 0 aliphatic rings. The zero-order valence-electron chi connectivity index (χ0n) is 8.23. The molecule has 0 unspecified atom stereocenters. The summed E-state index contributed by atoms with van der Waals surface area (Å²) in [4.78, 5) is 22.2. The molecule has 7 heteroatoms. The van der Waals surface area contributed by atoms with Crippen molar-refractivity contribution in [2.75, 3.05) is 11.9 Å². The van der Waals surface area contributed by atoms with E-state index in [-0.39, 0.29) is 24.7 Å². The minimum absolute atomic E-state index is 0.0818. The molecule has 0 aliphatic heterocycles. The highest BCUT2D eigenvalue weighted by Gasteiger charge is 2.08. The number of hydrogen-bond donors (Lipinski definition) is 1. The summed E-state index contributed by atoms with van der Waals surface area (Å²) in [6.07, 6.45) is 0.177. The highest BCUT2D eigenvalue weighted by Crippen LogP contribution is 2.08. The Hall–Kier alpha value is -1.50. The van der Waals surface area contributed by atoms with Crippen molar-refractivity contribution < 1.29 is 14.3 Å². The molecular formula is C8H11N3O3S. The highest BCUT2D eigenvalue weighted by atomic mass is 32.1. The minimum atomic E-state index is -0.370. The molecule has 0 saturated heterocycles. The molecule has 0 radical (unpaired) electrons. The van der Waals surface area contributed by atoms with Gasteiger partial charge in [0.25, 0.3) is 0 Å². The first kappa shape index (κ1) is 11.6. The van der Waals surface area contributed by atoms with E-state index in [0.717, 1.165) is 0 Å². The van der Waals surface area contributed by atoms with Gasteiger partial charge in [-0.15, -0.1) is 10.2 Å². The van der Waals surface area contributed by atoms with Gasteiger partial charge in [-0.25, -0.2) is 0 Å². The molecule has 6 nitrogen and oxygen atoms in total. The monoisotopic (exact) mass is 229 g/mol. The molecule has 0 atom stereocenters. The van der Waals surface area contributed by atoms with Crippen LogP contribution in [0, 0.1) is 0 Å². The van der Waals surface area contributed by atoms with Crippen molar-refractivity contribution in [2.24, 2.45) is 0 Å². The molecule has 1 heterocycles. The van der Waals surface area contributed by atoms with Gasteiger partial charge in [0.1, 0.15) is 5.51 Å². The predicted octanol–water partition coefficient (Wildman–Crippen LogP) is 0.820. The number of hydrogen-bond acceptors (Lipinski definition) is 6. The van der Waals surface area contributed by atoms with E-state index >= 15 is 0 Å². The van der Waals surface area contributed by atoms with E-state index in [1.54, 1.807) is 6.92 Å². The molecule has 0 aromatic carbocycles. The van der Waals surface area contributed by atoms with Gasteiger partial charge in [0, 0.05) is 6.42 Å². The molecule has 0 spiro atoms. The number of carbonyl (C=O) groups excluding carboxylic acids is 2. The first-order valence-electron chi connectivity index (χ1n) is 4.44. The van der Waals surface area contributed by atoms with Gasteiger partial charge >= 0.3 is 5.97 Å². The number of esters is 1. The molecule has 0 aliphatic carbocycles. The van der Waals surface area contributed by atoms with Crippen LogP contribution in [0.1, 0.15) is 19.8 Å².